The summed E-state index contributed by atoms with van der Waals surface area (Å²) in [6.07, 6.45) is 4.02. The fourth-order valence-electron chi connectivity index (χ4n) is 5.59. The zero-order valence-corrected chi connectivity index (χ0v) is 20.5. The molecule has 0 saturated carbocycles. The Labute approximate surface area is 200 Å². The first-order chi connectivity index (χ1) is 16.1. The fourth-order valence-corrected chi connectivity index (χ4v) is 5.59. The largest absolute Gasteiger partial charge is 0.407 e. The fraction of sp³-hybridized carbons (Fsp3) is 0.393. The average Bonchev–Trinajstić information content (AvgIpc) is 3.10. The summed E-state index contributed by atoms with van der Waals surface area (Å²) < 4.78 is 5.16. The Bertz CT molecular complexity index is 1240. The van der Waals surface area contributed by atoms with Gasteiger partial charge in [0.2, 0.25) is 0 Å². The van der Waals surface area contributed by atoms with E-state index < -0.39 is 0 Å². The average molecular weight is 458 g/mol. The zero-order valence-electron chi connectivity index (χ0n) is 20.5. The highest BCUT2D eigenvalue weighted by Gasteiger charge is 2.41. The molecular formula is C28H31N3O3. The first kappa shape index (κ1) is 22.4. The van der Waals surface area contributed by atoms with Crippen molar-refractivity contribution < 1.29 is 14.3 Å². The third-order valence-electron chi connectivity index (χ3n) is 7.64. The Balaban J connectivity index is 1.69. The molecule has 5 rings (SSSR count). The first-order valence-electron chi connectivity index (χ1n) is 11.9. The minimum absolute atomic E-state index is 0.0229. The van der Waals surface area contributed by atoms with E-state index in [2.05, 4.69) is 50.7 Å². The molecule has 3 aliphatic rings. The highest BCUT2D eigenvalue weighted by Crippen LogP contribution is 2.51. The number of carbonyl (C=O) groups is 2. The molecular weight excluding hydrogens is 426 g/mol. The molecule has 0 N–H and O–H groups in total. The van der Waals surface area contributed by atoms with Crippen molar-refractivity contribution in [1.82, 2.24) is 0 Å². The summed E-state index contributed by atoms with van der Waals surface area (Å²) in [5.74, 6) is -0.288. The molecule has 0 fully saturated rings. The SMILES string of the molecule is Cc1c(C=C2C(=O)N(c3ccccc3)N=C2OC=O)cc2c3c1C(C)(C)CCN3CCC2(C)C. The molecule has 176 valence electrons. The molecule has 1 amide bonds. The predicted octanol–water partition coefficient (Wildman–Crippen LogP) is 5.08. The summed E-state index contributed by atoms with van der Waals surface area (Å²) >= 11 is 0. The summed E-state index contributed by atoms with van der Waals surface area (Å²) in [6.45, 7) is 13.8. The summed E-state index contributed by atoms with van der Waals surface area (Å²) in [6, 6.07) is 11.4. The van der Waals surface area contributed by atoms with Crippen molar-refractivity contribution in [3.63, 3.8) is 0 Å². The van der Waals surface area contributed by atoms with E-state index in [1.807, 2.05) is 24.3 Å². The van der Waals surface area contributed by atoms with Gasteiger partial charge in [-0.3, -0.25) is 9.59 Å². The minimum Gasteiger partial charge on any atom is -0.407 e. The third-order valence-corrected chi connectivity index (χ3v) is 7.64. The number of ether oxygens (including phenoxy) is 1. The van der Waals surface area contributed by atoms with Gasteiger partial charge in [0.05, 0.1) is 5.69 Å². The third kappa shape index (κ3) is 3.44. The standard InChI is InChI=1S/C28H31N3O3/c1-18-19(15-21-25(34-17-32)29-31(26(21)33)20-9-7-6-8-10-20)16-22-24-23(18)28(4,5)12-14-30(24)13-11-27(22,2)3/h6-10,15-17H,11-14H2,1-5H3. The lowest BCUT2D eigenvalue weighted by atomic mass is 9.67. The van der Waals surface area contributed by atoms with Gasteiger partial charge in [-0.05, 0) is 77.1 Å². The van der Waals surface area contributed by atoms with Crippen LogP contribution in [0.1, 0.15) is 62.8 Å². The maximum atomic E-state index is 13.4. The number of hydrogen-bond donors (Lipinski definition) is 0. The number of carbonyl (C=O) groups excluding carboxylic acids is 2. The number of para-hydroxylation sites is 1. The Morgan fingerprint density at radius 1 is 1.03 bits per heavy atom. The van der Waals surface area contributed by atoms with Crippen LogP contribution >= 0.6 is 0 Å². The van der Waals surface area contributed by atoms with E-state index in [9.17, 15) is 9.59 Å². The summed E-state index contributed by atoms with van der Waals surface area (Å²) in [5.41, 5.74) is 7.14. The molecule has 2 aromatic rings. The molecule has 0 radical (unpaired) electrons. The molecule has 0 bridgehead atoms. The molecule has 0 unspecified atom stereocenters. The van der Waals surface area contributed by atoms with Crippen molar-refractivity contribution >= 4 is 35.7 Å². The molecule has 6 nitrogen and oxygen atoms in total. The minimum atomic E-state index is -0.311. The Morgan fingerprint density at radius 3 is 2.38 bits per heavy atom. The maximum absolute atomic E-state index is 13.4. The zero-order chi connectivity index (χ0) is 24.3. The van der Waals surface area contributed by atoms with E-state index in [1.54, 1.807) is 12.1 Å². The molecule has 0 saturated heterocycles. The molecule has 6 heteroatoms. The van der Waals surface area contributed by atoms with E-state index in [1.165, 1.54) is 21.8 Å². The smallest absolute Gasteiger partial charge is 0.299 e. The van der Waals surface area contributed by atoms with E-state index in [0.29, 0.717) is 12.2 Å². The van der Waals surface area contributed by atoms with Crippen LogP contribution in [0.5, 0.6) is 0 Å². The second kappa shape index (κ2) is 7.83. The lowest BCUT2D eigenvalue weighted by Gasteiger charge is -2.49. The second-order valence-electron chi connectivity index (χ2n) is 10.7. The molecule has 3 heterocycles. The van der Waals surface area contributed by atoms with Crippen LogP contribution in [0.2, 0.25) is 0 Å². The number of hydrogen-bond acceptors (Lipinski definition) is 5. The van der Waals surface area contributed by atoms with Crippen molar-refractivity contribution in [2.45, 2.75) is 58.3 Å². The van der Waals surface area contributed by atoms with Gasteiger partial charge in [-0.25, -0.2) is 0 Å². The van der Waals surface area contributed by atoms with Crippen LogP contribution in [0.4, 0.5) is 11.4 Å². The van der Waals surface area contributed by atoms with Gasteiger partial charge < -0.3 is 9.64 Å². The lowest BCUT2D eigenvalue weighted by molar-refractivity contribution is -0.121. The maximum Gasteiger partial charge on any atom is 0.299 e. The van der Waals surface area contributed by atoms with E-state index >= 15 is 0 Å². The number of nitrogens with zero attached hydrogens (tertiary/aromatic N) is 3. The summed E-state index contributed by atoms with van der Waals surface area (Å²) in [7, 11) is 0. The van der Waals surface area contributed by atoms with Gasteiger partial charge >= 0.3 is 0 Å². The summed E-state index contributed by atoms with van der Waals surface area (Å²) in [5, 5.41) is 5.61. The van der Waals surface area contributed by atoms with Crippen LogP contribution < -0.4 is 9.91 Å². The van der Waals surface area contributed by atoms with Gasteiger partial charge in [-0.15, -0.1) is 5.10 Å². The molecule has 0 aromatic heterocycles. The highest BCUT2D eigenvalue weighted by atomic mass is 16.5. The van der Waals surface area contributed by atoms with Gasteiger partial charge in [-0.1, -0.05) is 45.9 Å². The van der Waals surface area contributed by atoms with Crippen LogP contribution in [0.3, 0.4) is 0 Å². The topological polar surface area (TPSA) is 62.2 Å². The lowest BCUT2D eigenvalue weighted by Crippen LogP contribution is -2.45. The van der Waals surface area contributed by atoms with Crippen molar-refractivity contribution in [3.8, 4) is 0 Å². The molecule has 0 spiro atoms. The van der Waals surface area contributed by atoms with Crippen LogP contribution in [0.25, 0.3) is 6.08 Å². The predicted molar refractivity (Wildman–Crippen MR) is 135 cm³/mol. The van der Waals surface area contributed by atoms with Crippen LogP contribution in [0, 0.1) is 6.92 Å². The van der Waals surface area contributed by atoms with Gasteiger partial charge in [0.25, 0.3) is 18.3 Å². The number of hydrazone groups is 1. The first-order valence-corrected chi connectivity index (χ1v) is 11.9. The Morgan fingerprint density at radius 2 is 1.71 bits per heavy atom. The second-order valence-corrected chi connectivity index (χ2v) is 10.7. The monoisotopic (exact) mass is 457 g/mol. The van der Waals surface area contributed by atoms with Gasteiger partial charge in [0.15, 0.2) is 0 Å². The van der Waals surface area contributed by atoms with Gasteiger partial charge in [0, 0.05) is 18.8 Å². The van der Waals surface area contributed by atoms with Crippen LogP contribution in [-0.4, -0.2) is 31.4 Å². The molecule has 3 aliphatic heterocycles. The number of amides is 1. The molecule has 0 atom stereocenters. The Hall–Kier alpha value is -3.41. The van der Waals surface area contributed by atoms with Crippen molar-refractivity contribution in [1.29, 1.82) is 0 Å². The van der Waals surface area contributed by atoms with Crippen molar-refractivity contribution in [2.75, 3.05) is 23.0 Å². The number of rotatable bonds is 3. The van der Waals surface area contributed by atoms with Gasteiger partial charge in [0.1, 0.15) is 5.57 Å². The molecule has 34 heavy (non-hydrogen) atoms. The highest BCUT2D eigenvalue weighted by molar-refractivity contribution is 6.31. The number of anilines is 2. The summed E-state index contributed by atoms with van der Waals surface area (Å²) in [4.78, 5) is 27.2. The van der Waals surface area contributed by atoms with E-state index in [4.69, 9.17) is 4.74 Å². The Kier molecular flexibility index (Phi) is 5.15. The number of benzene rings is 2. The quantitative estimate of drug-likeness (QED) is 0.476. The van der Waals surface area contributed by atoms with Crippen LogP contribution in [0.15, 0.2) is 47.1 Å². The normalized spacial score (nSPS) is 21.4. The van der Waals surface area contributed by atoms with Crippen molar-refractivity contribution in [2.24, 2.45) is 5.10 Å². The van der Waals surface area contributed by atoms with Crippen molar-refractivity contribution in [3.05, 3.63) is 64.2 Å². The van der Waals surface area contributed by atoms with Crippen LogP contribution in [-0.2, 0) is 25.2 Å². The van der Waals surface area contributed by atoms with Gasteiger partial charge in [-0.2, -0.15) is 5.01 Å². The molecule has 2 aromatic carbocycles. The molecule has 0 aliphatic carbocycles. The van der Waals surface area contributed by atoms with E-state index in [-0.39, 0.29) is 28.2 Å². The van der Waals surface area contributed by atoms with E-state index in [0.717, 1.165) is 37.1 Å².